The molecule has 2 heterocycles. The van der Waals surface area contributed by atoms with Crippen molar-refractivity contribution in [2.75, 3.05) is 5.32 Å². The summed E-state index contributed by atoms with van der Waals surface area (Å²) in [5.41, 5.74) is 0.453. The number of hydrogen-bond acceptors (Lipinski definition) is 4. The van der Waals surface area contributed by atoms with E-state index < -0.39 is 30.2 Å². The number of halogens is 1. The van der Waals surface area contributed by atoms with Crippen molar-refractivity contribution in [1.82, 2.24) is 9.78 Å². The van der Waals surface area contributed by atoms with Crippen LogP contribution in [0.5, 0.6) is 0 Å². The van der Waals surface area contributed by atoms with E-state index in [1.165, 1.54) is 7.05 Å². The first-order chi connectivity index (χ1) is 12.0. The minimum absolute atomic E-state index is 0.0729. The molecule has 138 valence electrons. The third kappa shape index (κ3) is 3.03. The van der Waals surface area contributed by atoms with E-state index in [9.17, 15) is 9.18 Å². The highest BCUT2D eigenvalue weighted by atomic mass is 19.1. The fraction of sp³-hybridized carbons (Fsp3) is 0.444. The first kappa shape index (κ1) is 18.6. The molecule has 0 atom stereocenters. The third-order valence-electron chi connectivity index (χ3n) is 5.10. The zero-order valence-corrected chi connectivity index (χ0v) is 15.9. The standard InChI is InChI=1S/C18H23BFN3O3/c1-11-14(15(20)23(6)22-11)16(24)21-13-10-8-7-9-12(13)19-25-17(2,3)18(4,5)26-19/h7-10H,1-6H3,(H,21,24). The van der Waals surface area contributed by atoms with E-state index in [1.54, 1.807) is 19.1 Å². The molecule has 1 N–H and O–H groups in total. The zero-order chi connectivity index (χ0) is 19.3. The number of nitrogens with zero attached hydrogens (tertiary/aromatic N) is 2. The van der Waals surface area contributed by atoms with E-state index in [0.29, 0.717) is 16.8 Å². The van der Waals surface area contributed by atoms with Gasteiger partial charge in [0, 0.05) is 18.2 Å². The third-order valence-corrected chi connectivity index (χ3v) is 5.10. The molecule has 1 saturated heterocycles. The molecule has 0 bridgehead atoms. The normalized spacial score (nSPS) is 18.2. The quantitative estimate of drug-likeness (QED) is 0.855. The number of rotatable bonds is 3. The van der Waals surface area contributed by atoms with Gasteiger partial charge in [0.25, 0.3) is 5.91 Å². The number of aryl methyl sites for hydroxylation is 2. The number of aromatic nitrogens is 2. The van der Waals surface area contributed by atoms with Gasteiger partial charge in [-0.1, -0.05) is 18.2 Å². The lowest BCUT2D eigenvalue weighted by atomic mass is 9.77. The monoisotopic (exact) mass is 359 g/mol. The highest BCUT2D eigenvalue weighted by molar-refractivity contribution is 6.64. The molecule has 1 aromatic heterocycles. The molecule has 1 aliphatic rings. The lowest BCUT2D eigenvalue weighted by Gasteiger charge is -2.32. The first-order valence-corrected chi connectivity index (χ1v) is 8.48. The van der Waals surface area contributed by atoms with Crippen LogP contribution >= 0.6 is 0 Å². The maximum atomic E-state index is 14.2. The van der Waals surface area contributed by atoms with Crippen molar-refractivity contribution >= 4 is 24.2 Å². The average Bonchev–Trinajstić information content (AvgIpc) is 2.91. The molecule has 26 heavy (non-hydrogen) atoms. The Kier molecular flexibility index (Phi) is 4.44. The van der Waals surface area contributed by atoms with Crippen LogP contribution in [0.2, 0.25) is 0 Å². The minimum atomic E-state index is -0.673. The lowest BCUT2D eigenvalue weighted by molar-refractivity contribution is 0.00578. The molecule has 3 rings (SSSR count). The van der Waals surface area contributed by atoms with Crippen LogP contribution in [-0.4, -0.2) is 34.0 Å². The van der Waals surface area contributed by atoms with Gasteiger partial charge in [0.05, 0.1) is 16.9 Å². The van der Waals surface area contributed by atoms with Crippen LogP contribution in [0.3, 0.4) is 0 Å². The molecule has 0 unspecified atom stereocenters. The summed E-state index contributed by atoms with van der Waals surface area (Å²) in [4.78, 5) is 12.6. The predicted molar refractivity (Wildman–Crippen MR) is 98.0 cm³/mol. The second-order valence-electron chi connectivity index (χ2n) is 7.50. The van der Waals surface area contributed by atoms with Crippen LogP contribution in [0.15, 0.2) is 24.3 Å². The van der Waals surface area contributed by atoms with E-state index in [2.05, 4.69) is 10.4 Å². The Balaban J connectivity index is 1.90. The Morgan fingerprint density at radius 2 is 1.77 bits per heavy atom. The Labute approximate surface area is 152 Å². The molecule has 8 heteroatoms. The fourth-order valence-electron chi connectivity index (χ4n) is 2.86. The largest absolute Gasteiger partial charge is 0.496 e. The lowest BCUT2D eigenvalue weighted by Crippen LogP contribution is -2.41. The number of nitrogens with one attached hydrogen (secondary N) is 1. The summed E-state index contributed by atoms with van der Waals surface area (Å²) in [5.74, 6) is -1.23. The maximum Gasteiger partial charge on any atom is 0.496 e. The van der Waals surface area contributed by atoms with Crippen molar-refractivity contribution in [3.8, 4) is 0 Å². The van der Waals surface area contributed by atoms with Crippen molar-refractivity contribution in [1.29, 1.82) is 0 Å². The highest BCUT2D eigenvalue weighted by Crippen LogP contribution is 2.37. The fourth-order valence-corrected chi connectivity index (χ4v) is 2.86. The summed E-state index contributed by atoms with van der Waals surface area (Å²) in [6.45, 7) is 9.44. The van der Waals surface area contributed by atoms with Gasteiger partial charge in [-0.15, -0.1) is 0 Å². The molecule has 1 aromatic carbocycles. The maximum absolute atomic E-state index is 14.2. The SMILES string of the molecule is Cc1nn(C)c(F)c1C(=O)Nc1ccccc1B1OC(C)(C)C(C)(C)O1. The zero-order valence-electron chi connectivity index (χ0n) is 15.9. The molecule has 1 aliphatic heterocycles. The summed E-state index contributed by atoms with van der Waals surface area (Å²) in [6.07, 6.45) is 0. The highest BCUT2D eigenvalue weighted by Gasteiger charge is 2.52. The Hall–Kier alpha value is -2.19. The number of amides is 1. The van der Waals surface area contributed by atoms with Crippen molar-refractivity contribution < 1.29 is 18.5 Å². The van der Waals surface area contributed by atoms with E-state index in [4.69, 9.17) is 9.31 Å². The van der Waals surface area contributed by atoms with Crippen molar-refractivity contribution in [3.63, 3.8) is 0 Å². The molecule has 1 fully saturated rings. The molecule has 0 aliphatic carbocycles. The first-order valence-electron chi connectivity index (χ1n) is 8.48. The second-order valence-corrected chi connectivity index (χ2v) is 7.50. The van der Waals surface area contributed by atoms with Crippen LogP contribution in [0.25, 0.3) is 0 Å². The molecular formula is C18H23BFN3O3. The van der Waals surface area contributed by atoms with Crippen LogP contribution in [0.1, 0.15) is 43.7 Å². The van der Waals surface area contributed by atoms with Crippen LogP contribution in [-0.2, 0) is 16.4 Å². The molecular weight excluding hydrogens is 336 g/mol. The average molecular weight is 359 g/mol. The summed E-state index contributed by atoms with van der Waals surface area (Å²) >= 11 is 0. The Morgan fingerprint density at radius 3 is 2.31 bits per heavy atom. The van der Waals surface area contributed by atoms with Gasteiger partial charge < -0.3 is 14.6 Å². The van der Waals surface area contributed by atoms with E-state index in [0.717, 1.165) is 4.68 Å². The molecule has 1 amide bonds. The van der Waals surface area contributed by atoms with Gasteiger partial charge in [-0.3, -0.25) is 4.79 Å². The van der Waals surface area contributed by atoms with Gasteiger partial charge in [0.15, 0.2) is 0 Å². The number of benzene rings is 1. The van der Waals surface area contributed by atoms with E-state index in [1.807, 2.05) is 39.8 Å². The van der Waals surface area contributed by atoms with Crippen LogP contribution in [0, 0.1) is 12.9 Å². The molecule has 0 spiro atoms. The van der Waals surface area contributed by atoms with E-state index in [-0.39, 0.29) is 5.56 Å². The van der Waals surface area contributed by atoms with Gasteiger partial charge >= 0.3 is 7.12 Å². The summed E-state index contributed by atoms with van der Waals surface area (Å²) in [6, 6.07) is 7.19. The molecule has 2 aromatic rings. The molecule has 0 saturated carbocycles. The van der Waals surface area contributed by atoms with Crippen molar-refractivity contribution in [3.05, 3.63) is 41.5 Å². The summed E-state index contributed by atoms with van der Waals surface area (Å²) in [7, 11) is 0.827. The smallest absolute Gasteiger partial charge is 0.399 e. The number of hydrogen-bond donors (Lipinski definition) is 1. The number of carbonyl (C=O) groups excluding carboxylic acids is 1. The van der Waals surface area contributed by atoms with Crippen LogP contribution < -0.4 is 10.8 Å². The number of para-hydroxylation sites is 1. The van der Waals surface area contributed by atoms with Crippen molar-refractivity contribution in [2.45, 2.75) is 45.8 Å². The number of carbonyl (C=O) groups is 1. The van der Waals surface area contributed by atoms with Gasteiger partial charge in [-0.05, 0) is 40.7 Å². The molecule has 6 nitrogen and oxygen atoms in total. The number of anilines is 1. The molecule has 0 radical (unpaired) electrons. The van der Waals surface area contributed by atoms with Gasteiger partial charge in [0.1, 0.15) is 5.56 Å². The Morgan fingerprint density at radius 1 is 1.19 bits per heavy atom. The Bertz CT molecular complexity index is 847. The topological polar surface area (TPSA) is 65.4 Å². The predicted octanol–water partition coefficient (Wildman–Crippen LogP) is 2.42. The van der Waals surface area contributed by atoms with E-state index >= 15 is 0 Å². The minimum Gasteiger partial charge on any atom is -0.399 e. The van der Waals surface area contributed by atoms with Crippen LogP contribution in [0.4, 0.5) is 10.1 Å². The summed E-state index contributed by atoms with van der Waals surface area (Å²) in [5, 5.41) is 6.70. The van der Waals surface area contributed by atoms with Gasteiger partial charge in [0.2, 0.25) is 5.95 Å². The summed E-state index contributed by atoms with van der Waals surface area (Å²) < 4.78 is 27.3. The van der Waals surface area contributed by atoms with Crippen molar-refractivity contribution in [2.24, 2.45) is 7.05 Å². The second kappa shape index (κ2) is 6.21. The van der Waals surface area contributed by atoms with Gasteiger partial charge in [-0.25, -0.2) is 4.68 Å². The van der Waals surface area contributed by atoms with Gasteiger partial charge in [-0.2, -0.15) is 9.49 Å².